The highest BCUT2D eigenvalue weighted by Crippen LogP contribution is 2.32. The summed E-state index contributed by atoms with van der Waals surface area (Å²) in [6.07, 6.45) is 2.82. The molecule has 0 aliphatic carbocycles. The number of aromatic nitrogens is 2. The van der Waals surface area contributed by atoms with Crippen molar-refractivity contribution in [3.63, 3.8) is 0 Å². The number of rotatable bonds is 2. The average molecular weight is 262 g/mol. The highest BCUT2D eigenvalue weighted by atomic mass is 35.5. The fraction of sp³-hybridized carbons (Fsp3) is 0.357. The van der Waals surface area contributed by atoms with E-state index < -0.39 is 0 Å². The van der Waals surface area contributed by atoms with E-state index >= 15 is 0 Å². The molecule has 1 atom stereocenters. The summed E-state index contributed by atoms with van der Waals surface area (Å²) in [5, 5.41) is 0.685. The molecule has 0 spiro atoms. The van der Waals surface area contributed by atoms with Crippen molar-refractivity contribution in [1.82, 2.24) is 9.55 Å². The van der Waals surface area contributed by atoms with E-state index in [2.05, 4.69) is 41.1 Å². The van der Waals surface area contributed by atoms with E-state index in [0.717, 1.165) is 18.8 Å². The molecule has 0 saturated heterocycles. The molecule has 2 aromatic rings. The van der Waals surface area contributed by atoms with Crippen LogP contribution in [0.2, 0.25) is 5.15 Å². The fourth-order valence-electron chi connectivity index (χ4n) is 2.59. The normalized spacial score (nSPS) is 18.2. The van der Waals surface area contributed by atoms with Gasteiger partial charge in [-0.25, -0.2) is 4.98 Å². The zero-order valence-electron chi connectivity index (χ0n) is 10.6. The maximum Gasteiger partial charge on any atom is 0.129 e. The van der Waals surface area contributed by atoms with Gasteiger partial charge in [-0.1, -0.05) is 29.8 Å². The molecule has 3 nitrogen and oxygen atoms in total. The lowest BCUT2D eigenvalue weighted by molar-refractivity contribution is 0.640. The molecule has 1 aromatic carbocycles. The Kier molecular flexibility index (Phi) is 2.78. The van der Waals surface area contributed by atoms with E-state index in [9.17, 15) is 0 Å². The Morgan fingerprint density at radius 2 is 2.17 bits per heavy atom. The highest BCUT2D eigenvalue weighted by molar-refractivity contribution is 6.29. The lowest BCUT2D eigenvalue weighted by Gasteiger charge is -2.24. The van der Waals surface area contributed by atoms with Crippen molar-refractivity contribution >= 4 is 17.3 Å². The molecule has 18 heavy (non-hydrogen) atoms. The van der Waals surface area contributed by atoms with Crippen LogP contribution in [0.25, 0.3) is 0 Å². The summed E-state index contributed by atoms with van der Waals surface area (Å²) in [5.41, 5.74) is 2.74. The molecule has 1 aromatic heterocycles. The van der Waals surface area contributed by atoms with E-state index in [1.165, 1.54) is 11.3 Å². The Hall–Kier alpha value is -1.48. The molecular weight excluding hydrogens is 246 g/mol. The first kappa shape index (κ1) is 11.6. The quantitative estimate of drug-likeness (QED) is 0.829. The maximum absolute atomic E-state index is 6.03. The van der Waals surface area contributed by atoms with E-state index in [1.807, 2.05) is 11.6 Å². The maximum atomic E-state index is 6.03. The molecule has 3 rings (SSSR count). The summed E-state index contributed by atoms with van der Waals surface area (Å²) >= 11 is 6.03. The standard InChI is InChI=1S/C14H16ClN3/c1-10-7-11-5-3-4-6-12(11)18(10)9-14-16-8-13(15)17(14)2/h3-6,8,10H,7,9H2,1-2H3. The lowest BCUT2D eigenvalue weighted by atomic mass is 10.1. The number of anilines is 1. The first-order valence-electron chi connectivity index (χ1n) is 6.17. The van der Waals surface area contributed by atoms with Crippen molar-refractivity contribution in [2.75, 3.05) is 4.90 Å². The Morgan fingerprint density at radius 3 is 2.89 bits per heavy atom. The third kappa shape index (κ3) is 1.79. The molecule has 0 bridgehead atoms. The number of fused-ring (bicyclic) bond motifs is 1. The van der Waals surface area contributed by atoms with Crippen LogP contribution in [-0.4, -0.2) is 15.6 Å². The van der Waals surface area contributed by atoms with Gasteiger partial charge in [0.1, 0.15) is 11.0 Å². The minimum atomic E-state index is 0.512. The second kappa shape index (κ2) is 4.32. The van der Waals surface area contributed by atoms with Crippen molar-refractivity contribution < 1.29 is 0 Å². The van der Waals surface area contributed by atoms with Crippen LogP contribution in [0.5, 0.6) is 0 Å². The first-order valence-corrected chi connectivity index (χ1v) is 6.55. The molecule has 0 radical (unpaired) electrons. The molecule has 0 fully saturated rings. The molecule has 0 N–H and O–H groups in total. The smallest absolute Gasteiger partial charge is 0.129 e. The van der Waals surface area contributed by atoms with Gasteiger partial charge in [0, 0.05) is 18.8 Å². The molecule has 2 heterocycles. The van der Waals surface area contributed by atoms with Crippen LogP contribution >= 0.6 is 11.6 Å². The zero-order valence-corrected chi connectivity index (χ0v) is 11.4. The molecule has 1 unspecified atom stereocenters. The largest absolute Gasteiger partial charge is 0.361 e. The zero-order chi connectivity index (χ0) is 12.7. The molecule has 94 valence electrons. The predicted molar refractivity (Wildman–Crippen MR) is 74.0 cm³/mol. The summed E-state index contributed by atoms with van der Waals surface area (Å²) in [7, 11) is 1.96. The summed E-state index contributed by atoms with van der Waals surface area (Å²) in [6, 6.07) is 9.10. The van der Waals surface area contributed by atoms with Gasteiger partial charge in [0.15, 0.2) is 0 Å². The molecule has 1 aliphatic heterocycles. The Morgan fingerprint density at radius 1 is 1.39 bits per heavy atom. The predicted octanol–water partition coefficient (Wildman–Crippen LogP) is 3.02. The number of hydrogen-bond acceptors (Lipinski definition) is 2. The van der Waals surface area contributed by atoms with Crippen molar-refractivity contribution in [2.24, 2.45) is 7.05 Å². The topological polar surface area (TPSA) is 21.1 Å². The summed E-state index contributed by atoms with van der Waals surface area (Å²) in [5.74, 6) is 1.00. The monoisotopic (exact) mass is 261 g/mol. The van der Waals surface area contributed by atoms with E-state index in [4.69, 9.17) is 11.6 Å². The van der Waals surface area contributed by atoms with Crippen LogP contribution in [0.15, 0.2) is 30.5 Å². The SMILES string of the molecule is CC1Cc2ccccc2N1Cc1ncc(Cl)n1C. The van der Waals surface area contributed by atoms with E-state index in [0.29, 0.717) is 11.2 Å². The number of imidazole rings is 1. The molecule has 4 heteroatoms. The van der Waals surface area contributed by atoms with Gasteiger partial charge < -0.3 is 9.47 Å². The van der Waals surface area contributed by atoms with Crippen molar-refractivity contribution in [2.45, 2.75) is 25.9 Å². The minimum Gasteiger partial charge on any atom is -0.361 e. The van der Waals surface area contributed by atoms with Crippen LogP contribution in [0, 0.1) is 0 Å². The molecule has 1 aliphatic rings. The van der Waals surface area contributed by atoms with Crippen molar-refractivity contribution in [1.29, 1.82) is 0 Å². The third-order valence-corrected chi connectivity index (χ3v) is 4.04. The number of nitrogens with zero attached hydrogens (tertiary/aromatic N) is 3. The van der Waals surface area contributed by atoms with Gasteiger partial charge in [-0.15, -0.1) is 0 Å². The summed E-state index contributed by atoms with van der Waals surface area (Å²) in [4.78, 5) is 6.77. The van der Waals surface area contributed by atoms with Gasteiger partial charge in [0.05, 0.1) is 12.7 Å². The van der Waals surface area contributed by atoms with Crippen LogP contribution in [0.3, 0.4) is 0 Å². The van der Waals surface area contributed by atoms with Crippen molar-refractivity contribution in [3.05, 3.63) is 47.0 Å². The van der Waals surface area contributed by atoms with Crippen LogP contribution in [0.4, 0.5) is 5.69 Å². The number of hydrogen-bond donors (Lipinski definition) is 0. The Labute approximate surface area is 112 Å². The van der Waals surface area contributed by atoms with Crippen molar-refractivity contribution in [3.8, 4) is 0 Å². The van der Waals surface area contributed by atoms with Gasteiger partial charge >= 0.3 is 0 Å². The third-order valence-electron chi connectivity index (χ3n) is 3.69. The van der Waals surface area contributed by atoms with Crippen LogP contribution in [-0.2, 0) is 20.0 Å². The summed E-state index contributed by atoms with van der Waals surface area (Å²) in [6.45, 7) is 3.06. The van der Waals surface area contributed by atoms with Crippen LogP contribution < -0.4 is 4.90 Å². The second-order valence-corrected chi connectivity index (χ2v) is 5.25. The average Bonchev–Trinajstić information content (AvgIpc) is 2.85. The number of halogens is 1. The van der Waals surface area contributed by atoms with Gasteiger partial charge in [0.25, 0.3) is 0 Å². The Balaban J connectivity index is 1.91. The first-order chi connectivity index (χ1) is 8.66. The summed E-state index contributed by atoms with van der Waals surface area (Å²) < 4.78 is 1.94. The molecule has 0 saturated carbocycles. The van der Waals surface area contributed by atoms with E-state index in [-0.39, 0.29) is 0 Å². The molecule has 0 amide bonds. The number of benzene rings is 1. The van der Waals surface area contributed by atoms with E-state index in [1.54, 1.807) is 6.20 Å². The van der Waals surface area contributed by atoms with Gasteiger partial charge in [0.2, 0.25) is 0 Å². The number of para-hydroxylation sites is 1. The minimum absolute atomic E-state index is 0.512. The lowest BCUT2D eigenvalue weighted by Crippen LogP contribution is -2.29. The highest BCUT2D eigenvalue weighted by Gasteiger charge is 2.26. The van der Waals surface area contributed by atoms with Gasteiger partial charge in [-0.3, -0.25) is 0 Å². The fourth-order valence-corrected chi connectivity index (χ4v) is 2.74. The van der Waals surface area contributed by atoms with Crippen LogP contribution in [0.1, 0.15) is 18.3 Å². The van der Waals surface area contributed by atoms with Gasteiger partial charge in [-0.2, -0.15) is 0 Å². The second-order valence-electron chi connectivity index (χ2n) is 4.87. The van der Waals surface area contributed by atoms with Gasteiger partial charge in [-0.05, 0) is 25.0 Å². The Bertz CT molecular complexity index is 576. The molecular formula is C14H16ClN3.